The van der Waals surface area contributed by atoms with Gasteiger partial charge in [0.25, 0.3) is 0 Å². The highest BCUT2D eigenvalue weighted by Gasteiger charge is 2.30. The van der Waals surface area contributed by atoms with Gasteiger partial charge in [-0.25, -0.2) is 8.42 Å². The first-order chi connectivity index (χ1) is 15.4. The Morgan fingerprint density at radius 1 is 1.09 bits per heavy atom. The number of ether oxygens (including phenoxy) is 1. The second kappa shape index (κ2) is 11.4. The van der Waals surface area contributed by atoms with Gasteiger partial charge in [-0.3, -0.25) is 13.9 Å². The average molecular weight is 496 g/mol. The molecule has 8 nitrogen and oxygen atoms in total. The Morgan fingerprint density at radius 2 is 1.73 bits per heavy atom. The highest BCUT2D eigenvalue weighted by atomic mass is 35.5. The number of rotatable bonds is 10. The van der Waals surface area contributed by atoms with E-state index in [4.69, 9.17) is 16.3 Å². The van der Waals surface area contributed by atoms with Crippen LogP contribution in [0.25, 0.3) is 0 Å². The van der Waals surface area contributed by atoms with E-state index >= 15 is 0 Å². The summed E-state index contributed by atoms with van der Waals surface area (Å²) >= 11 is 5.92. The largest absolute Gasteiger partial charge is 0.497 e. The van der Waals surface area contributed by atoms with Crippen molar-refractivity contribution in [3.05, 3.63) is 59.1 Å². The molecule has 0 aliphatic heterocycles. The van der Waals surface area contributed by atoms with Crippen LogP contribution >= 0.6 is 11.6 Å². The maximum atomic E-state index is 13.4. The molecule has 0 bridgehead atoms. The van der Waals surface area contributed by atoms with Gasteiger partial charge in [0.2, 0.25) is 21.8 Å². The molecule has 2 aromatic carbocycles. The lowest BCUT2D eigenvalue weighted by Crippen LogP contribution is -2.52. The van der Waals surface area contributed by atoms with Crippen molar-refractivity contribution in [1.29, 1.82) is 0 Å². The minimum absolute atomic E-state index is 0.0981. The van der Waals surface area contributed by atoms with Crippen LogP contribution in [0.4, 0.5) is 5.69 Å². The predicted molar refractivity (Wildman–Crippen MR) is 130 cm³/mol. The number of carbonyl (C=O) groups is 2. The number of halogens is 1. The molecular weight excluding hydrogens is 466 g/mol. The number of anilines is 1. The normalized spacial score (nSPS) is 12.2. The Bertz CT molecular complexity index is 1070. The molecule has 0 saturated carbocycles. The fraction of sp³-hybridized carbons (Fsp3) is 0.391. The third-order valence-electron chi connectivity index (χ3n) is 4.88. The number of hydrogen-bond acceptors (Lipinski definition) is 5. The molecular formula is C23H30ClN3O5S. The van der Waals surface area contributed by atoms with Gasteiger partial charge < -0.3 is 15.0 Å². The van der Waals surface area contributed by atoms with Gasteiger partial charge in [-0.05, 0) is 62.7 Å². The predicted octanol–water partition coefficient (Wildman–Crippen LogP) is 3.06. The molecule has 10 heteroatoms. The molecule has 0 aliphatic carbocycles. The number of sulfonamides is 1. The van der Waals surface area contributed by atoms with Crippen LogP contribution < -0.4 is 14.4 Å². The van der Waals surface area contributed by atoms with Gasteiger partial charge in [0.05, 0.1) is 19.1 Å². The van der Waals surface area contributed by atoms with E-state index in [1.165, 1.54) is 24.1 Å². The summed E-state index contributed by atoms with van der Waals surface area (Å²) in [4.78, 5) is 27.5. The van der Waals surface area contributed by atoms with Crippen LogP contribution in [0.2, 0.25) is 5.02 Å². The van der Waals surface area contributed by atoms with E-state index in [2.05, 4.69) is 5.32 Å². The summed E-state index contributed by atoms with van der Waals surface area (Å²) in [5.41, 5.74) is 1.04. The fourth-order valence-electron chi connectivity index (χ4n) is 3.18. The zero-order chi connectivity index (χ0) is 24.8. The molecule has 1 N–H and O–H groups in total. The van der Waals surface area contributed by atoms with Crippen LogP contribution in [0, 0.1) is 0 Å². The Balaban J connectivity index is 2.39. The van der Waals surface area contributed by atoms with Crippen LogP contribution in [-0.4, -0.2) is 57.1 Å². The van der Waals surface area contributed by atoms with Gasteiger partial charge in [-0.1, -0.05) is 23.7 Å². The van der Waals surface area contributed by atoms with Crippen LogP contribution in [0.1, 0.15) is 26.3 Å². The van der Waals surface area contributed by atoms with Crippen molar-refractivity contribution in [2.75, 3.05) is 24.2 Å². The SMILES string of the molecule is COc1cccc(CN(C(=O)CN(c2ccc(Cl)cc2)S(C)(=O)=O)[C@H](C)C(=O)NC(C)C)c1. The van der Waals surface area contributed by atoms with E-state index in [-0.39, 0.29) is 18.5 Å². The lowest BCUT2D eigenvalue weighted by molar-refractivity contribution is -0.139. The highest BCUT2D eigenvalue weighted by molar-refractivity contribution is 7.92. The van der Waals surface area contributed by atoms with Crippen molar-refractivity contribution >= 4 is 39.1 Å². The van der Waals surface area contributed by atoms with Crippen LogP contribution in [0.15, 0.2) is 48.5 Å². The van der Waals surface area contributed by atoms with Gasteiger partial charge in [-0.15, -0.1) is 0 Å². The Morgan fingerprint density at radius 3 is 2.27 bits per heavy atom. The molecule has 0 spiro atoms. The number of benzene rings is 2. The Hall–Kier alpha value is -2.78. The second-order valence-corrected chi connectivity index (χ2v) is 10.3. The molecule has 0 saturated heterocycles. The quantitative estimate of drug-likeness (QED) is 0.546. The molecule has 2 aromatic rings. The van der Waals surface area contributed by atoms with Gasteiger partial charge in [-0.2, -0.15) is 0 Å². The smallest absolute Gasteiger partial charge is 0.244 e. The summed E-state index contributed by atoms with van der Waals surface area (Å²) in [7, 11) is -2.25. The van der Waals surface area contributed by atoms with Crippen molar-refractivity contribution in [2.45, 2.75) is 39.4 Å². The number of carbonyl (C=O) groups excluding carboxylic acids is 2. The molecule has 1 atom stereocenters. The molecule has 2 rings (SSSR count). The van der Waals surface area contributed by atoms with Gasteiger partial charge in [0.15, 0.2) is 0 Å². The second-order valence-electron chi connectivity index (χ2n) is 7.96. The number of methoxy groups -OCH3 is 1. The third-order valence-corrected chi connectivity index (χ3v) is 6.27. The molecule has 0 aromatic heterocycles. The van der Waals surface area contributed by atoms with Gasteiger partial charge >= 0.3 is 0 Å². The molecule has 2 amide bonds. The summed E-state index contributed by atoms with van der Waals surface area (Å²) in [6.45, 7) is 4.89. The molecule has 0 radical (unpaired) electrons. The number of hydrogen-bond donors (Lipinski definition) is 1. The first-order valence-corrected chi connectivity index (χ1v) is 12.6. The molecule has 0 unspecified atom stereocenters. The summed E-state index contributed by atoms with van der Waals surface area (Å²) in [5.74, 6) is -0.249. The summed E-state index contributed by atoms with van der Waals surface area (Å²) < 4.78 is 31.2. The van der Waals surface area contributed by atoms with E-state index in [1.807, 2.05) is 19.9 Å². The maximum absolute atomic E-state index is 13.4. The zero-order valence-corrected chi connectivity index (χ0v) is 21.0. The van der Waals surface area contributed by atoms with Crippen LogP contribution in [0.5, 0.6) is 5.75 Å². The first-order valence-electron chi connectivity index (χ1n) is 10.4. The van der Waals surface area contributed by atoms with Crippen molar-refractivity contribution in [3.8, 4) is 5.75 Å². The Labute approximate surface area is 200 Å². The monoisotopic (exact) mass is 495 g/mol. The summed E-state index contributed by atoms with van der Waals surface area (Å²) in [6, 6.07) is 12.3. The topological polar surface area (TPSA) is 96.0 Å². The van der Waals surface area contributed by atoms with E-state index < -0.39 is 28.5 Å². The van der Waals surface area contributed by atoms with Gasteiger partial charge in [0, 0.05) is 17.6 Å². The summed E-state index contributed by atoms with van der Waals surface area (Å²) in [6.07, 6.45) is 1.02. The average Bonchev–Trinajstić information content (AvgIpc) is 2.74. The van der Waals surface area contributed by atoms with Crippen LogP contribution in [0.3, 0.4) is 0 Å². The lowest BCUT2D eigenvalue weighted by Gasteiger charge is -2.32. The van der Waals surface area contributed by atoms with E-state index in [9.17, 15) is 18.0 Å². The van der Waals surface area contributed by atoms with Crippen molar-refractivity contribution in [1.82, 2.24) is 10.2 Å². The van der Waals surface area contributed by atoms with Crippen molar-refractivity contribution in [2.24, 2.45) is 0 Å². The molecule has 0 fully saturated rings. The standard InChI is InChI=1S/C23H30ClN3O5S/c1-16(2)25-23(29)17(3)26(14-18-7-6-8-21(13-18)32-4)22(28)15-27(33(5,30)31)20-11-9-19(24)10-12-20/h6-13,16-17H,14-15H2,1-5H3,(H,25,29)/t17-/m1/s1. The lowest BCUT2D eigenvalue weighted by atomic mass is 10.1. The molecule has 33 heavy (non-hydrogen) atoms. The third kappa shape index (κ3) is 7.64. The molecule has 180 valence electrons. The highest BCUT2D eigenvalue weighted by Crippen LogP contribution is 2.22. The van der Waals surface area contributed by atoms with E-state index in [1.54, 1.807) is 37.3 Å². The number of nitrogens with zero attached hydrogens (tertiary/aromatic N) is 2. The maximum Gasteiger partial charge on any atom is 0.244 e. The zero-order valence-electron chi connectivity index (χ0n) is 19.4. The number of nitrogens with one attached hydrogen (secondary N) is 1. The van der Waals surface area contributed by atoms with E-state index in [0.29, 0.717) is 16.5 Å². The number of amides is 2. The van der Waals surface area contributed by atoms with Gasteiger partial charge in [0.1, 0.15) is 18.3 Å². The van der Waals surface area contributed by atoms with Crippen LogP contribution in [-0.2, 0) is 26.2 Å². The molecule has 0 heterocycles. The minimum Gasteiger partial charge on any atom is -0.497 e. The molecule has 0 aliphatic rings. The summed E-state index contributed by atoms with van der Waals surface area (Å²) in [5, 5.41) is 3.25. The van der Waals surface area contributed by atoms with E-state index in [0.717, 1.165) is 16.1 Å². The minimum atomic E-state index is -3.79. The van der Waals surface area contributed by atoms with Crippen molar-refractivity contribution < 1.29 is 22.7 Å². The Kier molecular flexibility index (Phi) is 9.13. The van der Waals surface area contributed by atoms with Crippen molar-refractivity contribution in [3.63, 3.8) is 0 Å². The first kappa shape index (κ1) is 26.5. The fourth-order valence-corrected chi connectivity index (χ4v) is 4.15.